The third-order valence-electron chi connectivity index (χ3n) is 4.90. The fraction of sp³-hybridized carbons (Fsp3) is 0.632. The van der Waals surface area contributed by atoms with Crippen LogP contribution >= 0.6 is 0 Å². The van der Waals surface area contributed by atoms with Gasteiger partial charge in [0.25, 0.3) is 0 Å². The molecule has 1 amide bonds. The van der Waals surface area contributed by atoms with E-state index < -0.39 is 11.2 Å². The second kappa shape index (κ2) is 6.03. The van der Waals surface area contributed by atoms with Gasteiger partial charge >= 0.3 is 6.09 Å². The van der Waals surface area contributed by atoms with Crippen LogP contribution in [0.2, 0.25) is 0 Å². The van der Waals surface area contributed by atoms with Gasteiger partial charge in [0.05, 0.1) is 5.60 Å². The van der Waals surface area contributed by atoms with E-state index in [2.05, 4.69) is 0 Å². The van der Waals surface area contributed by atoms with Gasteiger partial charge < -0.3 is 14.7 Å². The zero-order valence-corrected chi connectivity index (χ0v) is 14.6. The number of carbonyl (C=O) groups is 1. The van der Waals surface area contributed by atoms with Gasteiger partial charge in [-0.3, -0.25) is 0 Å². The third-order valence-corrected chi connectivity index (χ3v) is 4.90. The number of hydrogen-bond acceptors (Lipinski definition) is 3. The van der Waals surface area contributed by atoms with Crippen LogP contribution in [0.3, 0.4) is 0 Å². The van der Waals surface area contributed by atoms with Crippen molar-refractivity contribution >= 4 is 6.09 Å². The topological polar surface area (TPSA) is 49.8 Å². The Morgan fingerprint density at radius 1 is 1.25 bits per heavy atom. The molecule has 2 unspecified atom stereocenters. The van der Waals surface area contributed by atoms with E-state index >= 15 is 0 Å². The van der Waals surface area contributed by atoms with Gasteiger partial charge in [0.1, 0.15) is 11.4 Å². The summed E-state index contributed by atoms with van der Waals surface area (Å²) in [5.74, 6) is -0.273. The molecule has 2 aliphatic rings. The second-order valence-corrected chi connectivity index (χ2v) is 8.21. The summed E-state index contributed by atoms with van der Waals surface area (Å²) in [6.45, 7) is 5.59. The standard InChI is InChI=1S/C19H26FNO3/c1-18(2,3)24-17(22)21-15-8-9-16(21)12-19(23,11-15)10-13-4-6-14(20)7-5-13/h4-7,15-16,23H,8-12H2,1-3H3. The molecule has 0 aliphatic carbocycles. The van der Waals surface area contributed by atoms with Crippen LogP contribution in [0.5, 0.6) is 0 Å². The van der Waals surface area contributed by atoms with E-state index in [-0.39, 0.29) is 24.0 Å². The first-order valence-corrected chi connectivity index (χ1v) is 8.63. The van der Waals surface area contributed by atoms with Crippen molar-refractivity contribution in [3.8, 4) is 0 Å². The van der Waals surface area contributed by atoms with Crippen LogP contribution in [0.1, 0.15) is 52.0 Å². The molecule has 0 aromatic heterocycles. The maximum absolute atomic E-state index is 13.0. The number of piperidine rings is 1. The molecule has 0 spiro atoms. The lowest BCUT2D eigenvalue weighted by atomic mass is 9.81. The minimum absolute atomic E-state index is 0.0176. The lowest BCUT2D eigenvalue weighted by molar-refractivity contribution is -0.0579. The van der Waals surface area contributed by atoms with Crippen molar-refractivity contribution in [2.24, 2.45) is 0 Å². The number of rotatable bonds is 2. The number of aliphatic hydroxyl groups is 1. The Labute approximate surface area is 142 Å². The number of benzene rings is 1. The Morgan fingerprint density at radius 3 is 2.29 bits per heavy atom. The Balaban J connectivity index is 1.70. The first-order valence-electron chi connectivity index (χ1n) is 8.63. The number of halogens is 1. The maximum Gasteiger partial charge on any atom is 0.410 e. The molecule has 2 saturated heterocycles. The van der Waals surface area contributed by atoms with Gasteiger partial charge in [0.15, 0.2) is 0 Å². The van der Waals surface area contributed by atoms with E-state index in [1.165, 1.54) is 12.1 Å². The normalized spacial score (nSPS) is 29.6. The molecule has 1 aromatic rings. The molecule has 24 heavy (non-hydrogen) atoms. The predicted molar refractivity (Wildman–Crippen MR) is 89.2 cm³/mol. The van der Waals surface area contributed by atoms with Crippen molar-refractivity contribution in [1.82, 2.24) is 4.90 Å². The van der Waals surface area contributed by atoms with E-state index in [4.69, 9.17) is 4.74 Å². The van der Waals surface area contributed by atoms with Crippen molar-refractivity contribution in [2.45, 2.75) is 76.2 Å². The summed E-state index contributed by atoms with van der Waals surface area (Å²) in [4.78, 5) is 14.3. The van der Waals surface area contributed by atoms with Crippen LogP contribution in [-0.4, -0.2) is 39.4 Å². The minimum Gasteiger partial charge on any atom is -0.444 e. The van der Waals surface area contributed by atoms with Crippen molar-refractivity contribution in [3.63, 3.8) is 0 Å². The number of ether oxygens (including phenoxy) is 1. The molecule has 4 nitrogen and oxygen atoms in total. The van der Waals surface area contributed by atoms with E-state index in [0.717, 1.165) is 18.4 Å². The smallest absolute Gasteiger partial charge is 0.410 e. The van der Waals surface area contributed by atoms with Gasteiger partial charge in [0, 0.05) is 18.5 Å². The summed E-state index contributed by atoms with van der Waals surface area (Å²) in [6, 6.07) is 6.31. The maximum atomic E-state index is 13.0. The fourth-order valence-electron chi connectivity index (χ4n) is 4.06. The molecule has 1 N–H and O–H groups in total. The molecule has 1 aromatic carbocycles. The summed E-state index contributed by atoms with van der Waals surface area (Å²) in [6.07, 6.45) is 3.09. The summed E-state index contributed by atoms with van der Waals surface area (Å²) < 4.78 is 18.6. The van der Waals surface area contributed by atoms with Crippen LogP contribution in [0.15, 0.2) is 24.3 Å². The average molecular weight is 335 g/mol. The second-order valence-electron chi connectivity index (χ2n) is 8.21. The highest BCUT2D eigenvalue weighted by molar-refractivity contribution is 5.69. The van der Waals surface area contributed by atoms with E-state index in [9.17, 15) is 14.3 Å². The van der Waals surface area contributed by atoms with E-state index in [1.54, 1.807) is 12.1 Å². The average Bonchev–Trinajstić information content (AvgIpc) is 2.73. The van der Waals surface area contributed by atoms with Gasteiger partial charge in [-0.15, -0.1) is 0 Å². The molecule has 2 heterocycles. The number of amides is 1. The lowest BCUT2D eigenvalue weighted by Gasteiger charge is -2.44. The zero-order chi connectivity index (χ0) is 17.5. The van der Waals surface area contributed by atoms with Crippen LogP contribution in [0.25, 0.3) is 0 Å². The Bertz CT molecular complexity index is 594. The molecular formula is C19H26FNO3. The highest BCUT2D eigenvalue weighted by atomic mass is 19.1. The highest BCUT2D eigenvalue weighted by Crippen LogP contribution is 2.42. The Morgan fingerprint density at radius 2 is 1.79 bits per heavy atom. The molecule has 2 aliphatic heterocycles. The van der Waals surface area contributed by atoms with Gasteiger partial charge in [-0.05, 0) is 64.2 Å². The molecular weight excluding hydrogens is 309 g/mol. The van der Waals surface area contributed by atoms with Gasteiger partial charge in [-0.25, -0.2) is 9.18 Å². The van der Waals surface area contributed by atoms with Crippen molar-refractivity contribution in [1.29, 1.82) is 0 Å². The summed E-state index contributed by atoms with van der Waals surface area (Å²) in [5.41, 5.74) is -0.440. The number of hydrogen-bond donors (Lipinski definition) is 1. The first kappa shape index (κ1) is 17.2. The largest absolute Gasteiger partial charge is 0.444 e. The summed E-state index contributed by atoms with van der Waals surface area (Å²) in [7, 11) is 0. The summed E-state index contributed by atoms with van der Waals surface area (Å²) in [5, 5.41) is 11.0. The third kappa shape index (κ3) is 3.72. The fourth-order valence-corrected chi connectivity index (χ4v) is 4.06. The Hall–Kier alpha value is -1.62. The quantitative estimate of drug-likeness (QED) is 0.897. The van der Waals surface area contributed by atoms with Crippen molar-refractivity contribution in [2.75, 3.05) is 0 Å². The molecule has 3 rings (SSSR count). The van der Waals surface area contributed by atoms with Gasteiger partial charge in [-0.1, -0.05) is 12.1 Å². The van der Waals surface area contributed by atoms with E-state index in [0.29, 0.717) is 19.3 Å². The van der Waals surface area contributed by atoms with E-state index in [1.807, 2.05) is 25.7 Å². The molecule has 2 atom stereocenters. The zero-order valence-electron chi connectivity index (χ0n) is 14.6. The minimum atomic E-state index is -0.845. The van der Waals surface area contributed by atoms with Gasteiger partial charge in [0.2, 0.25) is 0 Å². The Kier molecular flexibility index (Phi) is 4.32. The molecule has 2 bridgehead atoms. The first-order chi connectivity index (χ1) is 11.2. The van der Waals surface area contributed by atoms with Crippen molar-refractivity contribution in [3.05, 3.63) is 35.6 Å². The van der Waals surface area contributed by atoms with Crippen LogP contribution in [0.4, 0.5) is 9.18 Å². The van der Waals surface area contributed by atoms with Crippen LogP contribution in [-0.2, 0) is 11.2 Å². The molecule has 132 valence electrons. The lowest BCUT2D eigenvalue weighted by Crippen LogP contribution is -2.54. The summed E-state index contributed by atoms with van der Waals surface area (Å²) >= 11 is 0. The molecule has 0 saturated carbocycles. The predicted octanol–water partition coefficient (Wildman–Crippen LogP) is 3.66. The number of carbonyl (C=O) groups excluding carboxylic acids is 1. The van der Waals surface area contributed by atoms with Crippen LogP contribution < -0.4 is 0 Å². The molecule has 5 heteroatoms. The monoisotopic (exact) mass is 335 g/mol. The molecule has 0 radical (unpaired) electrons. The van der Waals surface area contributed by atoms with Gasteiger partial charge in [-0.2, -0.15) is 0 Å². The van der Waals surface area contributed by atoms with Crippen LogP contribution in [0, 0.1) is 5.82 Å². The SMILES string of the molecule is CC(C)(C)OC(=O)N1C2CCC1CC(O)(Cc1ccc(F)cc1)C2. The van der Waals surface area contributed by atoms with Crippen molar-refractivity contribution < 1.29 is 19.0 Å². The highest BCUT2D eigenvalue weighted by Gasteiger charge is 2.50. The molecule has 2 fully saturated rings. The number of nitrogens with zero attached hydrogens (tertiary/aromatic N) is 1. The number of fused-ring (bicyclic) bond motifs is 2.